The van der Waals surface area contributed by atoms with E-state index in [9.17, 15) is 18.0 Å². The maximum Gasteiger partial charge on any atom is 0.254 e. The number of carbonyl (C=O) groups is 2. The van der Waals surface area contributed by atoms with E-state index in [0.29, 0.717) is 28.2 Å². The highest BCUT2D eigenvalue weighted by atomic mass is 32.2. The minimum atomic E-state index is -3.81. The van der Waals surface area contributed by atoms with Gasteiger partial charge >= 0.3 is 0 Å². The van der Waals surface area contributed by atoms with Gasteiger partial charge in [0.2, 0.25) is 11.8 Å². The fraction of sp³-hybridized carbons (Fsp3) is 0.619. The average molecular weight is 512 g/mol. The van der Waals surface area contributed by atoms with Gasteiger partial charge in [-0.2, -0.15) is 4.31 Å². The third-order valence-corrected chi connectivity index (χ3v) is 10.5. The summed E-state index contributed by atoms with van der Waals surface area (Å²) in [6.07, 6.45) is 7.79. The molecule has 0 unspecified atom stereocenters. The zero-order chi connectivity index (χ0) is 23.6. The van der Waals surface area contributed by atoms with E-state index in [4.69, 9.17) is 0 Å². The van der Waals surface area contributed by atoms with Gasteiger partial charge in [0.15, 0.2) is 9.34 Å². The van der Waals surface area contributed by atoms with Gasteiger partial charge in [-0.05, 0) is 26.2 Å². The Balaban J connectivity index is 1.51. The first-order valence-corrected chi connectivity index (χ1v) is 14.3. The van der Waals surface area contributed by atoms with Crippen molar-refractivity contribution in [2.75, 3.05) is 25.0 Å². The number of amides is 2. The fourth-order valence-corrected chi connectivity index (χ4v) is 8.19. The van der Waals surface area contributed by atoms with E-state index in [0.717, 1.165) is 37.0 Å². The molecule has 0 radical (unpaired) electrons. The molecule has 4 rings (SSSR count). The van der Waals surface area contributed by atoms with E-state index in [1.165, 1.54) is 22.1 Å². The molecule has 1 saturated heterocycles. The van der Waals surface area contributed by atoms with Gasteiger partial charge in [-0.25, -0.2) is 18.4 Å². The van der Waals surface area contributed by atoms with E-state index < -0.39 is 16.1 Å². The molecule has 1 atom stereocenters. The van der Waals surface area contributed by atoms with Crippen molar-refractivity contribution in [1.82, 2.24) is 19.2 Å². The number of nitrogens with zero attached hydrogens (tertiary/aromatic N) is 4. The Morgan fingerprint density at radius 3 is 2.61 bits per heavy atom. The summed E-state index contributed by atoms with van der Waals surface area (Å²) in [5, 5.41) is 5.79. The van der Waals surface area contributed by atoms with E-state index in [2.05, 4.69) is 15.3 Å². The van der Waals surface area contributed by atoms with Crippen LogP contribution in [0.15, 0.2) is 15.8 Å². The van der Waals surface area contributed by atoms with Crippen LogP contribution in [0.2, 0.25) is 0 Å². The number of carbonyl (C=O) groups excluding carboxylic acids is 2. The molecule has 1 saturated carbocycles. The van der Waals surface area contributed by atoms with Crippen molar-refractivity contribution in [3.63, 3.8) is 0 Å². The first kappa shape index (κ1) is 24.2. The lowest BCUT2D eigenvalue weighted by Crippen LogP contribution is -2.58. The summed E-state index contributed by atoms with van der Waals surface area (Å²) < 4.78 is 27.7. The van der Waals surface area contributed by atoms with Crippen LogP contribution in [0.3, 0.4) is 0 Å². The average Bonchev–Trinajstić information content (AvgIpc) is 3.42. The number of sulfonamides is 1. The standard InChI is InChI=1S/C21H29N5O4S3/c1-14-20(32-15(2)23-14)33(29,30)25-9-10-26(18(27)13-25)17(12-16-6-4-3-5-7-16)19(28)24-21-22-8-11-31-21/h8,11,16-17H,3-7,9-10,12-13H2,1-2H3,(H,22,24,28)/t17-/m0/s1. The Hall–Kier alpha value is -1.89. The molecule has 0 aromatic carbocycles. The molecule has 1 N–H and O–H groups in total. The molecule has 2 aromatic heterocycles. The molecule has 0 spiro atoms. The number of nitrogens with one attached hydrogen (secondary N) is 1. The molecule has 9 nitrogen and oxygen atoms in total. The van der Waals surface area contributed by atoms with Gasteiger partial charge in [-0.1, -0.05) is 32.1 Å². The quantitative estimate of drug-likeness (QED) is 0.611. The highest BCUT2D eigenvalue weighted by Crippen LogP contribution is 2.31. The van der Waals surface area contributed by atoms with Crippen molar-refractivity contribution in [3.05, 3.63) is 22.3 Å². The molecule has 12 heteroatoms. The SMILES string of the molecule is Cc1nc(C)c(S(=O)(=O)N2CCN([C@@H](CC3CCCCC3)C(=O)Nc3nccs3)C(=O)C2)s1. The number of piperazine rings is 1. The largest absolute Gasteiger partial charge is 0.328 e. The topological polar surface area (TPSA) is 113 Å². The highest BCUT2D eigenvalue weighted by molar-refractivity contribution is 7.91. The second kappa shape index (κ2) is 10.2. The molecule has 1 aliphatic heterocycles. The maximum absolute atomic E-state index is 13.2. The summed E-state index contributed by atoms with van der Waals surface area (Å²) in [5.41, 5.74) is 0.449. The van der Waals surface area contributed by atoms with Crippen molar-refractivity contribution >= 4 is 49.6 Å². The van der Waals surface area contributed by atoms with Crippen LogP contribution in [0, 0.1) is 19.8 Å². The monoisotopic (exact) mass is 511 g/mol. The molecule has 2 aromatic rings. The van der Waals surface area contributed by atoms with Crippen LogP contribution in [0.5, 0.6) is 0 Å². The number of aryl methyl sites for hydroxylation is 2. The summed E-state index contributed by atoms with van der Waals surface area (Å²) in [7, 11) is -3.81. The molecule has 0 bridgehead atoms. The number of rotatable bonds is 7. The summed E-state index contributed by atoms with van der Waals surface area (Å²) in [6.45, 7) is 3.48. The van der Waals surface area contributed by atoms with Crippen molar-refractivity contribution < 1.29 is 18.0 Å². The van der Waals surface area contributed by atoms with Gasteiger partial charge in [0.05, 0.1) is 17.2 Å². The molecule has 1 aliphatic carbocycles. The zero-order valence-electron chi connectivity index (χ0n) is 18.8. The van der Waals surface area contributed by atoms with Gasteiger partial charge < -0.3 is 10.2 Å². The van der Waals surface area contributed by atoms with Crippen LogP contribution in [-0.4, -0.2) is 65.1 Å². The lowest BCUT2D eigenvalue weighted by atomic mass is 9.84. The van der Waals surface area contributed by atoms with Crippen LogP contribution >= 0.6 is 22.7 Å². The second-order valence-electron chi connectivity index (χ2n) is 8.61. The summed E-state index contributed by atoms with van der Waals surface area (Å²) in [4.78, 5) is 36.3. The lowest BCUT2D eigenvalue weighted by molar-refractivity contribution is -0.142. The molecule has 2 fully saturated rings. The summed E-state index contributed by atoms with van der Waals surface area (Å²) >= 11 is 2.45. The van der Waals surface area contributed by atoms with Crippen molar-refractivity contribution in [3.8, 4) is 0 Å². The van der Waals surface area contributed by atoms with E-state index in [-0.39, 0.29) is 35.7 Å². The Morgan fingerprint density at radius 1 is 1.24 bits per heavy atom. The Labute approximate surface area is 202 Å². The summed E-state index contributed by atoms with van der Waals surface area (Å²) in [6, 6.07) is -0.637. The van der Waals surface area contributed by atoms with Gasteiger partial charge in [0.25, 0.3) is 10.0 Å². The molecular formula is C21H29N5O4S3. The number of aromatic nitrogens is 2. The van der Waals surface area contributed by atoms with E-state index >= 15 is 0 Å². The Kier molecular flexibility index (Phi) is 7.46. The number of thiazole rings is 2. The molecule has 2 aliphatic rings. The van der Waals surface area contributed by atoms with Gasteiger partial charge in [0, 0.05) is 24.7 Å². The number of hydrogen-bond acceptors (Lipinski definition) is 8. The normalized spacial score (nSPS) is 19.6. The number of anilines is 1. The van der Waals surface area contributed by atoms with Crippen molar-refractivity contribution in [2.45, 2.75) is 62.6 Å². The fourth-order valence-electron chi connectivity index (χ4n) is 4.66. The van der Waals surface area contributed by atoms with Gasteiger partial charge in [-0.15, -0.1) is 22.7 Å². The van der Waals surface area contributed by atoms with E-state index in [1.54, 1.807) is 30.3 Å². The minimum Gasteiger partial charge on any atom is -0.328 e. The van der Waals surface area contributed by atoms with Crippen LogP contribution in [0.4, 0.5) is 5.13 Å². The van der Waals surface area contributed by atoms with Crippen LogP contribution < -0.4 is 5.32 Å². The van der Waals surface area contributed by atoms with Crippen LogP contribution in [0.1, 0.15) is 49.2 Å². The highest BCUT2D eigenvalue weighted by Gasteiger charge is 2.40. The molecule has 33 heavy (non-hydrogen) atoms. The zero-order valence-corrected chi connectivity index (χ0v) is 21.3. The predicted octanol–water partition coefficient (Wildman–Crippen LogP) is 3.03. The second-order valence-corrected chi connectivity index (χ2v) is 12.8. The first-order chi connectivity index (χ1) is 15.8. The molecule has 3 heterocycles. The number of hydrogen-bond donors (Lipinski definition) is 1. The summed E-state index contributed by atoms with van der Waals surface area (Å²) in [5.74, 6) is -0.226. The Morgan fingerprint density at radius 2 is 2.00 bits per heavy atom. The first-order valence-electron chi connectivity index (χ1n) is 11.2. The van der Waals surface area contributed by atoms with Gasteiger partial charge in [-0.3, -0.25) is 9.59 Å². The third-order valence-electron chi connectivity index (χ3n) is 6.28. The van der Waals surface area contributed by atoms with E-state index in [1.807, 2.05) is 0 Å². The van der Waals surface area contributed by atoms with Crippen LogP contribution in [0.25, 0.3) is 0 Å². The lowest BCUT2D eigenvalue weighted by Gasteiger charge is -2.39. The van der Waals surface area contributed by atoms with Crippen molar-refractivity contribution in [1.29, 1.82) is 0 Å². The van der Waals surface area contributed by atoms with Crippen molar-refractivity contribution in [2.24, 2.45) is 5.92 Å². The predicted molar refractivity (Wildman–Crippen MR) is 128 cm³/mol. The third kappa shape index (κ3) is 5.44. The molecule has 2 amide bonds. The maximum atomic E-state index is 13.2. The minimum absolute atomic E-state index is 0.149. The smallest absolute Gasteiger partial charge is 0.254 e. The molecular weight excluding hydrogens is 482 g/mol. The molecule has 180 valence electrons. The Bertz CT molecular complexity index is 1090. The van der Waals surface area contributed by atoms with Crippen LogP contribution in [-0.2, 0) is 19.6 Å². The van der Waals surface area contributed by atoms with Gasteiger partial charge in [0.1, 0.15) is 6.04 Å².